The summed E-state index contributed by atoms with van der Waals surface area (Å²) in [6, 6.07) is -0.273. The molecule has 0 aromatic heterocycles. The number of aliphatic hydroxyl groups is 1. The van der Waals surface area contributed by atoms with Crippen LogP contribution in [0.25, 0.3) is 0 Å². The molecule has 0 aromatic carbocycles. The Kier molecular flexibility index (Phi) is 6.89. The van der Waals surface area contributed by atoms with Crippen molar-refractivity contribution < 1.29 is 19.4 Å². The number of unbranched alkanes of at least 4 members (excludes halogenated alkanes) is 2. The van der Waals surface area contributed by atoms with Crippen molar-refractivity contribution in [3.63, 3.8) is 0 Å². The number of hydrogen-bond acceptors (Lipinski definition) is 5. The molecule has 3 unspecified atom stereocenters. The number of nitrogens with zero attached hydrogens (tertiary/aromatic N) is 1. The van der Waals surface area contributed by atoms with Gasteiger partial charge in [0, 0.05) is 26.1 Å². The third kappa shape index (κ3) is 5.21. The van der Waals surface area contributed by atoms with E-state index in [1.165, 1.54) is 0 Å². The van der Waals surface area contributed by atoms with Crippen LogP contribution in [0.4, 0.5) is 0 Å². The van der Waals surface area contributed by atoms with Crippen molar-refractivity contribution in [2.45, 2.75) is 50.9 Å². The van der Waals surface area contributed by atoms with Crippen molar-refractivity contribution in [1.29, 1.82) is 0 Å². The van der Waals surface area contributed by atoms with Crippen LogP contribution in [0.5, 0.6) is 0 Å². The molecule has 2 N–H and O–H groups in total. The fraction of sp³-hybridized carbons (Fsp3) is 0.933. The molecule has 2 rings (SSSR count). The first kappa shape index (κ1) is 16.7. The Balaban J connectivity index is 1.70. The minimum atomic E-state index is -0.622. The van der Waals surface area contributed by atoms with Crippen molar-refractivity contribution in [3.8, 4) is 0 Å². The van der Waals surface area contributed by atoms with Crippen LogP contribution in [0.1, 0.15) is 32.6 Å². The molecule has 0 saturated carbocycles. The van der Waals surface area contributed by atoms with Crippen LogP contribution >= 0.6 is 0 Å². The fourth-order valence-corrected chi connectivity index (χ4v) is 2.82. The van der Waals surface area contributed by atoms with Gasteiger partial charge in [0.15, 0.2) is 0 Å². The molecule has 0 radical (unpaired) electrons. The Morgan fingerprint density at radius 1 is 1.33 bits per heavy atom. The van der Waals surface area contributed by atoms with Crippen LogP contribution < -0.4 is 5.32 Å². The lowest BCUT2D eigenvalue weighted by atomic mass is 10.1. The summed E-state index contributed by atoms with van der Waals surface area (Å²) in [5, 5.41) is 13.2. The van der Waals surface area contributed by atoms with E-state index < -0.39 is 6.10 Å². The first-order valence-electron chi connectivity index (χ1n) is 8.10. The lowest BCUT2D eigenvalue weighted by molar-refractivity contribution is -0.122. The summed E-state index contributed by atoms with van der Waals surface area (Å²) < 4.78 is 11.0. The van der Waals surface area contributed by atoms with Crippen LogP contribution in [-0.2, 0) is 14.3 Å². The van der Waals surface area contributed by atoms with Crippen LogP contribution in [0.15, 0.2) is 0 Å². The molecule has 2 aliphatic rings. The molecular formula is C15H28N2O4. The highest BCUT2D eigenvalue weighted by molar-refractivity contribution is 5.76. The lowest BCUT2D eigenvalue weighted by Crippen LogP contribution is -2.48. The van der Waals surface area contributed by atoms with Gasteiger partial charge in [-0.1, -0.05) is 19.8 Å². The normalized spacial score (nSPS) is 30.5. The van der Waals surface area contributed by atoms with Crippen molar-refractivity contribution in [2.75, 3.05) is 39.5 Å². The summed E-state index contributed by atoms with van der Waals surface area (Å²) in [7, 11) is 0. The van der Waals surface area contributed by atoms with Gasteiger partial charge in [-0.25, -0.2) is 0 Å². The number of rotatable bonds is 7. The Morgan fingerprint density at radius 3 is 2.81 bits per heavy atom. The maximum atomic E-state index is 11.8. The predicted molar refractivity (Wildman–Crippen MR) is 79.1 cm³/mol. The Labute approximate surface area is 126 Å². The molecule has 6 nitrogen and oxygen atoms in total. The third-order valence-electron chi connectivity index (χ3n) is 4.18. The molecule has 2 heterocycles. The number of nitrogens with one attached hydrogen (secondary N) is 1. The maximum Gasteiger partial charge on any atom is 0.220 e. The summed E-state index contributed by atoms with van der Waals surface area (Å²) >= 11 is 0. The number of ether oxygens (including phenoxy) is 2. The Morgan fingerprint density at radius 2 is 2.10 bits per heavy atom. The van der Waals surface area contributed by atoms with Gasteiger partial charge in [-0.05, 0) is 6.42 Å². The van der Waals surface area contributed by atoms with E-state index in [-0.39, 0.29) is 18.1 Å². The van der Waals surface area contributed by atoms with Crippen LogP contribution in [0.3, 0.4) is 0 Å². The van der Waals surface area contributed by atoms with E-state index in [0.717, 1.165) is 45.6 Å². The summed E-state index contributed by atoms with van der Waals surface area (Å²) in [4.78, 5) is 14.1. The van der Waals surface area contributed by atoms with Crippen molar-refractivity contribution in [1.82, 2.24) is 10.2 Å². The van der Waals surface area contributed by atoms with E-state index in [9.17, 15) is 9.90 Å². The second-order valence-corrected chi connectivity index (χ2v) is 5.91. The highest BCUT2D eigenvalue weighted by Crippen LogP contribution is 2.16. The summed E-state index contributed by atoms with van der Waals surface area (Å²) in [5.41, 5.74) is 0. The molecule has 122 valence electrons. The zero-order valence-electron chi connectivity index (χ0n) is 12.9. The largest absolute Gasteiger partial charge is 0.388 e. The Hall–Kier alpha value is -0.690. The highest BCUT2D eigenvalue weighted by atomic mass is 16.5. The molecule has 2 fully saturated rings. The molecule has 2 saturated heterocycles. The standard InChI is InChI=1S/C15H28N2O4/c1-2-3-4-5-14(18)16-12-11-21-13(15(12)19)10-17-6-8-20-9-7-17/h12-13,15,19H,2-11H2,1H3,(H,16,18). The minimum Gasteiger partial charge on any atom is -0.388 e. The zero-order valence-corrected chi connectivity index (χ0v) is 12.9. The molecule has 21 heavy (non-hydrogen) atoms. The van der Waals surface area contributed by atoms with Crippen LogP contribution in [0.2, 0.25) is 0 Å². The van der Waals surface area contributed by atoms with E-state index >= 15 is 0 Å². The molecule has 2 aliphatic heterocycles. The van der Waals surface area contributed by atoms with Gasteiger partial charge in [0.1, 0.15) is 6.10 Å². The van der Waals surface area contributed by atoms with Gasteiger partial charge in [0.05, 0.1) is 32.0 Å². The number of amides is 1. The molecule has 0 aliphatic carbocycles. The predicted octanol–water partition coefficient (Wildman–Crippen LogP) is 0.143. The number of carbonyl (C=O) groups is 1. The van der Waals surface area contributed by atoms with Crippen molar-refractivity contribution in [2.24, 2.45) is 0 Å². The van der Waals surface area contributed by atoms with Gasteiger partial charge < -0.3 is 19.9 Å². The third-order valence-corrected chi connectivity index (χ3v) is 4.18. The van der Waals surface area contributed by atoms with Crippen LogP contribution in [-0.4, -0.2) is 73.6 Å². The quantitative estimate of drug-likeness (QED) is 0.655. The first-order chi connectivity index (χ1) is 10.2. The van der Waals surface area contributed by atoms with Crippen molar-refractivity contribution >= 4 is 5.91 Å². The SMILES string of the molecule is CCCCCC(=O)NC1COC(CN2CCOCC2)C1O. The minimum absolute atomic E-state index is 0.0168. The summed E-state index contributed by atoms with van der Waals surface area (Å²) in [6.45, 7) is 6.44. The number of carbonyl (C=O) groups excluding carboxylic acids is 1. The van der Waals surface area contributed by atoms with Crippen LogP contribution in [0, 0.1) is 0 Å². The van der Waals surface area contributed by atoms with Gasteiger partial charge in [-0.15, -0.1) is 0 Å². The average molecular weight is 300 g/mol. The molecule has 6 heteroatoms. The van der Waals surface area contributed by atoms with Gasteiger partial charge in [-0.3, -0.25) is 9.69 Å². The molecule has 0 aromatic rings. The van der Waals surface area contributed by atoms with E-state index in [2.05, 4.69) is 17.1 Å². The second-order valence-electron chi connectivity index (χ2n) is 5.91. The molecule has 3 atom stereocenters. The second kappa shape index (κ2) is 8.68. The first-order valence-corrected chi connectivity index (χ1v) is 8.10. The monoisotopic (exact) mass is 300 g/mol. The smallest absolute Gasteiger partial charge is 0.220 e. The topological polar surface area (TPSA) is 71.0 Å². The Bertz CT molecular complexity index is 321. The van der Waals surface area contributed by atoms with Gasteiger partial charge in [-0.2, -0.15) is 0 Å². The van der Waals surface area contributed by atoms with Crippen molar-refractivity contribution in [3.05, 3.63) is 0 Å². The van der Waals surface area contributed by atoms with Gasteiger partial charge in [0.2, 0.25) is 5.91 Å². The van der Waals surface area contributed by atoms with E-state index in [1.807, 2.05) is 0 Å². The number of morpholine rings is 1. The fourth-order valence-electron chi connectivity index (χ4n) is 2.82. The zero-order chi connectivity index (χ0) is 15.1. The van der Waals surface area contributed by atoms with E-state index in [4.69, 9.17) is 9.47 Å². The summed E-state index contributed by atoms with van der Waals surface area (Å²) in [5.74, 6) is 0.0168. The van der Waals surface area contributed by atoms with E-state index in [1.54, 1.807) is 0 Å². The maximum absolute atomic E-state index is 11.8. The summed E-state index contributed by atoms with van der Waals surface area (Å²) in [6.07, 6.45) is 2.77. The number of hydrogen-bond donors (Lipinski definition) is 2. The highest BCUT2D eigenvalue weighted by Gasteiger charge is 2.37. The molecule has 1 amide bonds. The van der Waals surface area contributed by atoms with Gasteiger partial charge >= 0.3 is 0 Å². The average Bonchev–Trinajstić information content (AvgIpc) is 2.82. The molecular weight excluding hydrogens is 272 g/mol. The lowest BCUT2D eigenvalue weighted by Gasteiger charge is -2.29. The molecule has 0 spiro atoms. The van der Waals surface area contributed by atoms with Gasteiger partial charge in [0.25, 0.3) is 0 Å². The molecule has 0 bridgehead atoms. The van der Waals surface area contributed by atoms with E-state index in [0.29, 0.717) is 19.6 Å². The number of aliphatic hydroxyl groups excluding tert-OH is 1.